The van der Waals surface area contributed by atoms with Crippen molar-refractivity contribution in [3.63, 3.8) is 0 Å². The molecule has 3 heteroatoms. The molecule has 2 aromatic carbocycles. The van der Waals surface area contributed by atoms with Crippen molar-refractivity contribution in [1.29, 1.82) is 0 Å². The summed E-state index contributed by atoms with van der Waals surface area (Å²) in [6.45, 7) is 0. The van der Waals surface area contributed by atoms with E-state index in [1.807, 2.05) is 18.2 Å². The number of rotatable bonds is 3. The van der Waals surface area contributed by atoms with E-state index in [0.717, 1.165) is 29.1 Å². The van der Waals surface area contributed by atoms with Gasteiger partial charge >= 0.3 is 0 Å². The van der Waals surface area contributed by atoms with E-state index < -0.39 is 0 Å². The highest BCUT2D eigenvalue weighted by Crippen LogP contribution is 2.42. The minimum atomic E-state index is -0.205. The average molecular weight is 349 g/mol. The molecule has 0 saturated carbocycles. The maximum Gasteiger partial charge on any atom is 0.118 e. The van der Waals surface area contributed by atoms with Crippen molar-refractivity contribution in [3.05, 3.63) is 114 Å². The second kappa shape index (κ2) is 6.36. The molecule has 0 saturated heterocycles. The molecule has 1 N–H and O–H groups in total. The number of hydrogen-bond acceptors (Lipinski definition) is 2. The van der Waals surface area contributed by atoms with Crippen molar-refractivity contribution in [2.24, 2.45) is 0 Å². The second-order valence-electron chi connectivity index (χ2n) is 6.89. The number of H-pyrrole nitrogens is 1. The Hall–Kier alpha value is -3.46. The van der Waals surface area contributed by atoms with Crippen LogP contribution in [0.4, 0.5) is 0 Å². The first kappa shape index (κ1) is 15.8. The number of nitrogens with zero attached hydrogens (tertiary/aromatic N) is 2. The molecule has 0 bridgehead atoms. The van der Waals surface area contributed by atoms with Crippen LogP contribution < -0.4 is 0 Å². The van der Waals surface area contributed by atoms with Gasteiger partial charge in [-0.25, -0.2) is 0 Å². The molecule has 5 rings (SSSR count). The second-order valence-corrected chi connectivity index (χ2v) is 6.89. The molecular weight excluding hydrogens is 330 g/mol. The summed E-state index contributed by atoms with van der Waals surface area (Å²) in [5.41, 5.74) is 6.45. The Kier molecular flexibility index (Phi) is 3.72. The zero-order valence-electron chi connectivity index (χ0n) is 14.8. The molecule has 3 nitrogen and oxygen atoms in total. The van der Waals surface area contributed by atoms with Gasteiger partial charge in [-0.15, -0.1) is 0 Å². The molecule has 2 aromatic heterocycles. The lowest BCUT2D eigenvalue weighted by molar-refractivity contribution is 0.620. The number of benzene rings is 2. The van der Waals surface area contributed by atoms with Crippen molar-refractivity contribution in [2.75, 3.05) is 0 Å². The van der Waals surface area contributed by atoms with Gasteiger partial charge in [0.1, 0.15) is 5.69 Å². The molecule has 1 aliphatic rings. The first-order chi connectivity index (χ1) is 13.4. The van der Waals surface area contributed by atoms with Crippen molar-refractivity contribution in [1.82, 2.24) is 15.2 Å². The topological polar surface area (TPSA) is 41.6 Å². The minimum absolute atomic E-state index is 0.205. The van der Waals surface area contributed by atoms with E-state index in [-0.39, 0.29) is 5.41 Å². The summed E-state index contributed by atoms with van der Waals surface area (Å²) in [6, 6.07) is 27.3. The third kappa shape index (κ3) is 2.59. The summed E-state index contributed by atoms with van der Waals surface area (Å²) in [7, 11) is 0. The molecule has 0 amide bonds. The van der Waals surface area contributed by atoms with E-state index in [0.29, 0.717) is 0 Å². The fourth-order valence-electron chi connectivity index (χ4n) is 4.00. The lowest BCUT2D eigenvalue weighted by Crippen LogP contribution is -2.30. The predicted molar refractivity (Wildman–Crippen MR) is 108 cm³/mol. The van der Waals surface area contributed by atoms with Crippen LogP contribution in [0.1, 0.15) is 22.4 Å². The van der Waals surface area contributed by atoms with Gasteiger partial charge < -0.3 is 0 Å². The van der Waals surface area contributed by atoms with Gasteiger partial charge in [0.2, 0.25) is 0 Å². The SMILES string of the molecule is C1=CC(c2ccccc2)(c2ccccc2)Cc2[nH]nc(-c3ccccn3)c21. The first-order valence-electron chi connectivity index (χ1n) is 9.16. The van der Waals surface area contributed by atoms with Gasteiger partial charge in [0.05, 0.1) is 5.69 Å². The van der Waals surface area contributed by atoms with Gasteiger partial charge in [-0.2, -0.15) is 5.10 Å². The number of hydrogen-bond donors (Lipinski definition) is 1. The van der Waals surface area contributed by atoms with Crippen molar-refractivity contribution in [2.45, 2.75) is 11.8 Å². The van der Waals surface area contributed by atoms with Gasteiger partial charge in [-0.3, -0.25) is 10.1 Å². The number of fused-ring (bicyclic) bond motifs is 1. The lowest BCUT2D eigenvalue weighted by Gasteiger charge is -2.34. The zero-order valence-corrected chi connectivity index (χ0v) is 14.8. The summed E-state index contributed by atoms with van der Waals surface area (Å²) < 4.78 is 0. The number of nitrogens with one attached hydrogen (secondary N) is 1. The molecule has 4 aromatic rings. The number of aromatic nitrogens is 3. The van der Waals surface area contributed by atoms with Crippen LogP contribution >= 0.6 is 0 Å². The van der Waals surface area contributed by atoms with Crippen molar-refractivity contribution >= 4 is 6.08 Å². The van der Waals surface area contributed by atoms with Crippen LogP contribution in [0, 0.1) is 0 Å². The predicted octanol–water partition coefficient (Wildman–Crippen LogP) is 5.03. The Morgan fingerprint density at radius 3 is 2.07 bits per heavy atom. The molecule has 27 heavy (non-hydrogen) atoms. The standard InChI is InChI=1S/C24H19N3/c1-3-9-18(10-4-1)24(19-11-5-2-6-12-19)15-14-20-22(17-24)26-27-23(20)21-13-7-8-16-25-21/h1-16H,17H2,(H,26,27). The monoisotopic (exact) mass is 349 g/mol. The van der Waals surface area contributed by atoms with Crippen LogP contribution in [-0.4, -0.2) is 15.2 Å². The normalized spacial score (nSPS) is 14.7. The highest BCUT2D eigenvalue weighted by atomic mass is 15.1. The van der Waals surface area contributed by atoms with E-state index in [4.69, 9.17) is 0 Å². The maximum atomic E-state index is 4.58. The average Bonchev–Trinajstić information content (AvgIpc) is 3.18. The molecule has 0 radical (unpaired) electrons. The summed E-state index contributed by atoms with van der Waals surface area (Å²) in [6.07, 6.45) is 7.17. The van der Waals surface area contributed by atoms with Gasteiger partial charge in [-0.1, -0.05) is 78.9 Å². The van der Waals surface area contributed by atoms with Crippen LogP contribution in [0.15, 0.2) is 91.1 Å². The fourth-order valence-corrected chi connectivity index (χ4v) is 4.00. The number of aromatic amines is 1. The van der Waals surface area contributed by atoms with E-state index in [2.05, 4.69) is 88.0 Å². The van der Waals surface area contributed by atoms with Crippen molar-refractivity contribution in [3.8, 4) is 11.4 Å². The Morgan fingerprint density at radius 1 is 0.778 bits per heavy atom. The molecule has 0 unspecified atom stereocenters. The highest BCUT2D eigenvalue weighted by molar-refractivity contribution is 5.74. The van der Waals surface area contributed by atoms with Gasteiger partial charge in [0.25, 0.3) is 0 Å². The van der Waals surface area contributed by atoms with E-state index >= 15 is 0 Å². The van der Waals surface area contributed by atoms with Crippen molar-refractivity contribution < 1.29 is 0 Å². The zero-order chi connectivity index (χ0) is 18.1. The molecule has 2 heterocycles. The Bertz CT molecular complexity index is 1040. The quantitative estimate of drug-likeness (QED) is 0.564. The first-order valence-corrected chi connectivity index (χ1v) is 9.16. The molecule has 0 fully saturated rings. The Labute approximate surface area is 158 Å². The Morgan fingerprint density at radius 2 is 1.44 bits per heavy atom. The molecule has 0 atom stereocenters. The molecule has 0 spiro atoms. The minimum Gasteiger partial charge on any atom is -0.281 e. The molecule has 1 aliphatic carbocycles. The third-order valence-electron chi connectivity index (χ3n) is 5.36. The Balaban J connectivity index is 1.66. The van der Waals surface area contributed by atoms with Gasteiger partial charge in [0, 0.05) is 29.3 Å². The summed E-state index contributed by atoms with van der Waals surface area (Å²) >= 11 is 0. The van der Waals surface area contributed by atoms with E-state index in [9.17, 15) is 0 Å². The smallest absolute Gasteiger partial charge is 0.118 e. The molecular formula is C24H19N3. The number of pyridine rings is 1. The van der Waals surface area contributed by atoms with Crippen LogP contribution in [-0.2, 0) is 11.8 Å². The maximum absolute atomic E-state index is 4.58. The molecule has 130 valence electrons. The summed E-state index contributed by atoms with van der Waals surface area (Å²) in [5.74, 6) is 0. The van der Waals surface area contributed by atoms with E-state index in [1.54, 1.807) is 6.20 Å². The van der Waals surface area contributed by atoms with E-state index in [1.165, 1.54) is 11.1 Å². The van der Waals surface area contributed by atoms with Gasteiger partial charge in [-0.05, 0) is 23.3 Å². The van der Waals surface area contributed by atoms with Gasteiger partial charge in [0.15, 0.2) is 0 Å². The lowest BCUT2D eigenvalue weighted by atomic mass is 9.68. The largest absolute Gasteiger partial charge is 0.281 e. The fraction of sp³-hybridized carbons (Fsp3) is 0.0833. The molecule has 0 aliphatic heterocycles. The number of allylic oxidation sites excluding steroid dienone is 1. The van der Waals surface area contributed by atoms with Crippen LogP contribution in [0.3, 0.4) is 0 Å². The van der Waals surface area contributed by atoms with Crippen LogP contribution in [0.25, 0.3) is 17.5 Å². The van der Waals surface area contributed by atoms with Crippen LogP contribution in [0.2, 0.25) is 0 Å². The highest BCUT2D eigenvalue weighted by Gasteiger charge is 2.36. The summed E-state index contributed by atoms with van der Waals surface area (Å²) in [5, 5.41) is 7.86. The third-order valence-corrected chi connectivity index (χ3v) is 5.36. The summed E-state index contributed by atoms with van der Waals surface area (Å²) in [4.78, 5) is 4.47. The van der Waals surface area contributed by atoms with Crippen LogP contribution in [0.5, 0.6) is 0 Å².